The van der Waals surface area contributed by atoms with Gasteiger partial charge in [0.05, 0.1) is 6.42 Å². The Morgan fingerprint density at radius 2 is 1.50 bits per heavy atom. The van der Waals surface area contributed by atoms with Crippen molar-refractivity contribution in [1.82, 2.24) is 15.5 Å². The molecule has 0 saturated carbocycles. The van der Waals surface area contributed by atoms with Crippen LogP contribution < -0.4 is 10.6 Å². The van der Waals surface area contributed by atoms with Gasteiger partial charge in [-0.2, -0.15) is 0 Å². The van der Waals surface area contributed by atoms with Crippen LogP contribution in [-0.2, 0) is 17.8 Å². The van der Waals surface area contributed by atoms with Crippen LogP contribution in [0.1, 0.15) is 36.8 Å². The number of nitrogens with one attached hydrogen (secondary N) is 2. The van der Waals surface area contributed by atoms with Gasteiger partial charge in [-0.25, -0.2) is 0 Å². The summed E-state index contributed by atoms with van der Waals surface area (Å²) in [7, 11) is 0. The molecule has 1 saturated heterocycles. The molecule has 1 aliphatic heterocycles. The van der Waals surface area contributed by atoms with Crippen LogP contribution >= 0.6 is 12.4 Å². The molecule has 4 rings (SSSR count). The first kappa shape index (κ1) is 26.2. The summed E-state index contributed by atoms with van der Waals surface area (Å²) in [6.07, 6.45) is 5.10. The van der Waals surface area contributed by atoms with E-state index in [1.165, 1.54) is 29.2 Å². The summed E-state index contributed by atoms with van der Waals surface area (Å²) in [5.74, 6) is 0.948. The number of piperidine rings is 1. The van der Waals surface area contributed by atoms with E-state index in [9.17, 15) is 4.79 Å². The molecule has 1 heterocycles. The minimum atomic E-state index is 0. The van der Waals surface area contributed by atoms with Crippen molar-refractivity contribution < 1.29 is 4.79 Å². The molecule has 4 nitrogen and oxygen atoms in total. The average Bonchev–Trinajstić information content (AvgIpc) is 2.87. The molecular weight excluding hydrogens is 442 g/mol. The van der Waals surface area contributed by atoms with Crippen LogP contribution in [-0.4, -0.2) is 43.5 Å². The van der Waals surface area contributed by atoms with Gasteiger partial charge < -0.3 is 15.5 Å². The van der Waals surface area contributed by atoms with Crippen molar-refractivity contribution in [2.24, 2.45) is 5.92 Å². The number of likely N-dealkylation sites (tertiary alicyclic amines) is 1. The van der Waals surface area contributed by atoms with E-state index in [4.69, 9.17) is 0 Å². The van der Waals surface area contributed by atoms with Gasteiger partial charge in [0.25, 0.3) is 0 Å². The van der Waals surface area contributed by atoms with Gasteiger partial charge >= 0.3 is 0 Å². The molecule has 0 unspecified atom stereocenters. The lowest BCUT2D eigenvalue weighted by atomic mass is 9.95. The summed E-state index contributed by atoms with van der Waals surface area (Å²) in [6, 6.07) is 25.2. The van der Waals surface area contributed by atoms with E-state index < -0.39 is 0 Å². The summed E-state index contributed by atoms with van der Waals surface area (Å²) >= 11 is 0. The minimum Gasteiger partial charge on any atom is -0.342 e. The molecule has 1 amide bonds. The van der Waals surface area contributed by atoms with E-state index in [0.717, 1.165) is 57.7 Å². The second-order valence-electron chi connectivity index (χ2n) is 9.21. The summed E-state index contributed by atoms with van der Waals surface area (Å²) < 4.78 is 0. The number of amides is 1. The van der Waals surface area contributed by atoms with E-state index >= 15 is 0 Å². The summed E-state index contributed by atoms with van der Waals surface area (Å²) in [6.45, 7) is 5.94. The first-order chi connectivity index (χ1) is 16.3. The molecule has 1 aliphatic rings. The summed E-state index contributed by atoms with van der Waals surface area (Å²) in [5.41, 5.74) is 2.48. The van der Waals surface area contributed by atoms with Crippen molar-refractivity contribution in [2.45, 2.75) is 38.6 Å². The van der Waals surface area contributed by atoms with Crippen LogP contribution in [0.4, 0.5) is 0 Å². The van der Waals surface area contributed by atoms with Crippen molar-refractivity contribution in [3.63, 3.8) is 0 Å². The number of hydrogen-bond acceptors (Lipinski definition) is 3. The van der Waals surface area contributed by atoms with E-state index in [1.54, 1.807) is 0 Å². The fourth-order valence-corrected chi connectivity index (χ4v) is 4.74. The number of nitrogens with zero attached hydrogens (tertiary/aromatic N) is 1. The van der Waals surface area contributed by atoms with E-state index in [-0.39, 0.29) is 18.3 Å². The highest BCUT2D eigenvalue weighted by Gasteiger charge is 2.22. The van der Waals surface area contributed by atoms with Crippen LogP contribution in [0, 0.1) is 5.92 Å². The monoisotopic (exact) mass is 479 g/mol. The normalized spacial score (nSPS) is 14.2. The molecule has 0 aliphatic carbocycles. The lowest BCUT2D eigenvalue weighted by Gasteiger charge is -2.32. The number of hydrogen-bond donors (Lipinski definition) is 2. The number of benzene rings is 3. The summed E-state index contributed by atoms with van der Waals surface area (Å²) in [4.78, 5) is 15.0. The van der Waals surface area contributed by atoms with Crippen LogP contribution in [0.2, 0.25) is 0 Å². The lowest BCUT2D eigenvalue weighted by molar-refractivity contribution is -0.131. The van der Waals surface area contributed by atoms with Crippen LogP contribution in [0.25, 0.3) is 10.8 Å². The highest BCUT2D eigenvalue weighted by molar-refractivity contribution is 5.90. The molecule has 1 fully saturated rings. The van der Waals surface area contributed by atoms with E-state index in [2.05, 4.69) is 88.3 Å². The number of unbranched alkanes of at least 4 members (excludes halogenated alkanes) is 1. The van der Waals surface area contributed by atoms with Crippen molar-refractivity contribution in [1.29, 1.82) is 0 Å². The predicted octanol–water partition coefficient (Wildman–Crippen LogP) is 5.20. The molecule has 0 radical (unpaired) electrons. The maximum atomic E-state index is 12.9. The maximum Gasteiger partial charge on any atom is 0.227 e. The molecule has 182 valence electrons. The smallest absolute Gasteiger partial charge is 0.227 e. The van der Waals surface area contributed by atoms with Gasteiger partial charge in [-0.1, -0.05) is 72.8 Å². The third-order valence-electron chi connectivity index (χ3n) is 6.75. The second kappa shape index (κ2) is 14.1. The molecule has 34 heavy (non-hydrogen) atoms. The standard InChI is InChI=1S/C29H37N3O.ClH/c33-29(21-27-13-8-12-26-11-4-5-14-28(26)27)32-19-15-25(16-20-32)23-31-18-7-6-17-30-22-24-9-2-1-3-10-24;/h1-5,8-14,25,30-31H,6-7,15-23H2;1H. The fraction of sp³-hybridized carbons (Fsp3) is 0.414. The third-order valence-corrected chi connectivity index (χ3v) is 6.75. The largest absolute Gasteiger partial charge is 0.342 e. The Balaban J connectivity index is 0.00000324. The van der Waals surface area contributed by atoms with Gasteiger partial charge in [0, 0.05) is 19.6 Å². The molecule has 0 bridgehead atoms. The Labute approximate surface area is 210 Å². The lowest BCUT2D eigenvalue weighted by Crippen LogP contribution is -2.41. The molecule has 0 aromatic heterocycles. The zero-order valence-electron chi connectivity index (χ0n) is 20.0. The van der Waals surface area contributed by atoms with Crippen molar-refractivity contribution in [3.05, 3.63) is 83.9 Å². The highest BCUT2D eigenvalue weighted by atomic mass is 35.5. The topological polar surface area (TPSA) is 44.4 Å². The van der Waals surface area contributed by atoms with Crippen molar-refractivity contribution in [2.75, 3.05) is 32.7 Å². The Bertz CT molecular complexity index is 997. The SMILES string of the molecule is Cl.O=C(Cc1cccc2ccccc12)N1CCC(CNCCCCNCc2ccccc2)CC1. The number of fused-ring (bicyclic) bond motifs is 1. The van der Waals surface area contributed by atoms with Crippen molar-refractivity contribution in [3.8, 4) is 0 Å². The van der Waals surface area contributed by atoms with Gasteiger partial charge in [0.15, 0.2) is 0 Å². The minimum absolute atomic E-state index is 0. The van der Waals surface area contributed by atoms with Gasteiger partial charge in [0.1, 0.15) is 0 Å². The van der Waals surface area contributed by atoms with Gasteiger partial charge in [-0.05, 0) is 73.1 Å². The van der Waals surface area contributed by atoms with Crippen molar-refractivity contribution >= 4 is 29.1 Å². The molecule has 0 spiro atoms. The Kier molecular flexibility index (Phi) is 10.9. The molecule has 2 N–H and O–H groups in total. The quantitative estimate of drug-likeness (QED) is 0.371. The van der Waals surface area contributed by atoms with Crippen LogP contribution in [0.5, 0.6) is 0 Å². The van der Waals surface area contributed by atoms with E-state index in [0.29, 0.717) is 12.3 Å². The number of carbonyl (C=O) groups excluding carboxylic acids is 1. The summed E-state index contributed by atoms with van der Waals surface area (Å²) in [5, 5.41) is 9.56. The van der Waals surface area contributed by atoms with Gasteiger partial charge in [-0.3, -0.25) is 4.79 Å². The number of rotatable bonds is 11. The zero-order valence-corrected chi connectivity index (χ0v) is 20.9. The number of carbonyl (C=O) groups is 1. The Hall–Kier alpha value is -2.40. The molecular formula is C29H38ClN3O. The van der Waals surface area contributed by atoms with Gasteiger partial charge in [-0.15, -0.1) is 12.4 Å². The molecule has 5 heteroatoms. The average molecular weight is 480 g/mol. The van der Waals surface area contributed by atoms with Crippen LogP contribution in [0.3, 0.4) is 0 Å². The second-order valence-corrected chi connectivity index (χ2v) is 9.21. The molecule has 0 atom stereocenters. The first-order valence-corrected chi connectivity index (χ1v) is 12.5. The van der Waals surface area contributed by atoms with Crippen LogP contribution in [0.15, 0.2) is 72.8 Å². The number of halogens is 1. The Morgan fingerprint density at radius 1 is 0.824 bits per heavy atom. The first-order valence-electron chi connectivity index (χ1n) is 12.5. The van der Waals surface area contributed by atoms with E-state index in [1.807, 2.05) is 0 Å². The fourth-order valence-electron chi connectivity index (χ4n) is 4.74. The predicted molar refractivity (Wildman–Crippen MR) is 144 cm³/mol. The third kappa shape index (κ3) is 7.83. The highest BCUT2D eigenvalue weighted by Crippen LogP contribution is 2.21. The Morgan fingerprint density at radius 3 is 2.29 bits per heavy atom. The maximum absolute atomic E-state index is 12.9. The molecule has 3 aromatic carbocycles. The van der Waals surface area contributed by atoms with Gasteiger partial charge in [0.2, 0.25) is 5.91 Å². The zero-order chi connectivity index (χ0) is 22.7. The molecule has 3 aromatic rings.